The molecule has 2 aromatic rings. The van der Waals surface area contributed by atoms with E-state index in [2.05, 4.69) is 18.9 Å². The first-order valence-electron chi connectivity index (χ1n) is 5.54. The fourth-order valence-electron chi connectivity index (χ4n) is 1.69. The number of nitrogens with zero attached hydrogens (tertiary/aromatic N) is 2. The lowest BCUT2D eigenvalue weighted by molar-refractivity contribution is 0.100. The van der Waals surface area contributed by atoms with Crippen LogP contribution in [0.15, 0.2) is 36.5 Å². The molecule has 0 aliphatic carbocycles. The normalized spacial score (nSPS) is 10.8. The van der Waals surface area contributed by atoms with Crippen molar-refractivity contribution in [2.75, 3.05) is 0 Å². The van der Waals surface area contributed by atoms with Gasteiger partial charge in [0.1, 0.15) is 0 Å². The maximum absolute atomic E-state index is 11.3. The number of carbonyl (C=O) groups excluding carboxylic acids is 1. The van der Waals surface area contributed by atoms with E-state index in [4.69, 9.17) is 5.73 Å². The van der Waals surface area contributed by atoms with E-state index in [1.807, 2.05) is 29.1 Å². The van der Waals surface area contributed by atoms with Gasteiger partial charge in [-0.15, -0.1) is 0 Å². The third-order valence-electron chi connectivity index (χ3n) is 2.61. The first-order valence-corrected chi connectivity index (χ1v) is 5.54. The van der Waals surface area contributed by atoms with Gasteiger partial charge in [-0.2, -0.15) is 5.10 Å². The molecule has 1 aromatic heterocycles. The Bertz CT molecular complexity index is 543. The fraction of sp³-hybridized carbons (Fsp3) is 0.231. The number of primary amides is 1. The minimum absolute atomic E-state index is 0.296. The summed E-state index contributed by atoms with van der Waals surface area (Å²) in [5.74, 6) is -0.431. The second-order valence-electron chi connectivity index (χ2n) is 4.18. The lowest BCUT2D eigenvalue weighted by Crippen LogP contribution is -2.12. The van der Waals surface area contributed by atoms with Gasteiger partial charge in [-0.1, -0.05) is 18.2 Å². The summed E-state index contributed by atoms with van der Waals surface area (Å²) in [5.41, 5.74) is 7.40. The van der Waals surface area contributed by atoms with Gasteiger partial charge in [-0.05, 0) is 26.0 Å². The van der Waals surface area contributed by atoms with Crippen molar-refractivity contribution in [3.8, 4) is 11.3 Å². The highest BCUT2D eigenvalue weighted by molar-refractivity contribution is 5.99. The van der Waals surface area contributed by atoms with Gasteiger partial charge in [-0.25, -0.2) is 0 Å². The molecule has 0 radical (unpaired) electrons. The molecule has 0 saturated carbocycles. The van der Waals surface area contributed by atoms with Gasteiger partial charge in [0, 0.05) is 23.4 Å². The number of benzene rings is 1. The Labute approximate surface area is 100 Å². The van der Waals surface area contributed by atoms with Crippen molar-refractivity contribution < 1.29 is 4.79 Å². The molecule has 1 heterocycles. The van der Waals surface area contributed by atoms with Gasteiger partial charge < -0.3 is 5.73 Å². The van der Waals surface area contributed by atoms with Gasteiger partial charge in [0.2, 0.25) is 5.91 Å². The highest BCUT2D eigenvalue weighted by Crippen LogP contribution is 2.22. The molecule has 2 N–H and O–H groups in total. The molecule has 17 heavy (non-hydrogen) atoms. The van der Waals surface area contributed by atoms with Gasteiger partial charge in [0.15, 0.2) is 0 Å². The van der Waals surface area contributed by atoms with E-state index in [1.54, 1.807) is 12.1 Å². The lowest BCUT2D eigenvalue weighted by Gasteiger charge is -2.05. The minimum Gasteiger partial charge on any atom is -0.366 e. The number of rotatable bonds is 3. The maximum atomic E-state index is 11.3. The molecule has 2 rings (SSSR count). The van der Waals surface area contributed by atoms with Crippen molar-refractivity contribution in [1.29, 1.82) is 0 Å². The number of aromatic nitrogens is 2. The lowest BCUT2D eigenvalue weighted by atomic mass is 10.0. The van der Waals surface area contributed by atoms with Crippen LogP contribution >= 0.6 is 0 Å². The van der Waals surface area contributed by atoms with Gasteiger partial charge in [0.05, 0.1) is 5.69 Å². The predicted octanol–water partition coefficient (Wildman–Crippen LogP) is 2.23. The van der Waals surface area contributed by atoms with Crippen LogP contribution in [0.1, 0.15) is 30.2 Å². The van der Waals surface area contributed by atoms with E-state index < -0.39 is 5.91 Å². The summed E-state index contributed by atoms with van der Waals surface area (Å²) in [5, 5.41) is 4.43. The van der Waals surface area contributed by atoms with Crippen LogP contribution in [0.4, 0.5) is 0 Å². The third-order valence-corrected chi connectivity index (χ3v) is 2.61. The third kappa shape index (κ3) is 2.20. The van der Waals surface area contributed by atoms with Crippen molar-refractivity contribution >= 4 is 5.91 Å². The Morgan fingerprint density at radius 2 is 2.00 bits per heavy atom. The van der Waals surface area contributed by atoms with Crippen LogP contribution in [-0.4, -0.2) is 15.7 Å². The highest BCUT2D eigenvalue weighted by Gasteiger charge is 2.11. The Morgan fingerprint density at radius 1 is 1.29 bits per heavy atom. The molecule has 4 nitrogen and oxygen atoms in total. The Morgan fingerprint density at radius 3 is 2.59 bits per heavy atom. The van der Waals surface area contributed by atoms with E-state index in [0.717, 1.165) is 11.3 Å². The predicted molar refractivity (Wildman–Crippen MR) is 66.6 cm³/mol. The number of amides is 1. The zero-order valence-corrected chi connectivity index (χ0v) is 9.92. The molecule has 88 valence electrons. The zero-order chi connectivity index (χ0) is 12.4. The van der Waals surface area contributed by atoms with Crippen molar-refractivity contribution in [1.82, 2.24) is 9.78 Å². The van der Waals surface area contributed by atoms with Gasteiger partial charge in [-0.3, -0.25) is 9.48 Å². The topological polar surface area (TPSA) is 60.9 Å². The van der Waals surface area contributed by atoms with E-state index in [1.165, 1.54) is 0 Å². The van der Waals surface area contributed by atoms with E-state index in [9.17, 15) is 4.79 Å². The molecule has 0 bridgehead atoms. The summed E-state index contributed by atoms with van der Waals surface area (Å²) in [6.45, 7) is 4.10. The Balaban J connectivity index is 2.49. The highest BCUT2D eigenvalue weighted by atomic mass is 16.1. The average molecular weight is 229 g/mol. The smallest absolute Gasteiger partial charge is 0.249 e. The van der Waals surface area contributed by atoms with Crippen molar-refractivity contribution in [2.45, 2.75) is 19.9 Å². The number of hydrogen-bond donors (Lipinski definition) is 1. The second kappa shape index (κ2) is 4.41. The van der Waals surface area contributed by atoms with E-state index in [-0.39, 0.29) is 0 Å². The summed E-state index contributed by atoms with van der Waals surface area (Å²) >= 11 is 0. The van der Waals surface area contributed by atoms with Crippen LogP contribution in [0.3, 0.4) is 0 Å². The summed E-state index contributed by atoms with van der Waals surface area (Å²) < 4.78 is 1.85. The molecule has 1 aromatic carbocycles. The largest absolute Gasteiger partial charge is 0.366 e. The Hall–Kier alpha value is -2.10. The summed E-state index contributed by atoms with van der Waals surface area (Å²) in [6, 6.07) is 9.42. The van der Waals surface area contributed by atoms with Gasteiger partial charge in [0.25, 0.3) is 0 Å². The number of hydrogen-bond acceptors (Lipinski definition) is 2. The summed E-state index contributed by atoms with van der Waals surface area (Å²) in [6.07, 6.45) is 1.90. The minimum atomic E-state index is -0.431. The van der Waals surface area contributed by atoms with Crippen molar-refractivity contribution in [3.05, 3.63) is 42.1 Å². The molecule has 0 unspecified atom stereocenters. The molecule has 0 saturated heterocycles. The maximum Gasteiger partial charge on any atom is 0.249 e. The van der Waals surface area contributed by atoms with Crippen LogP contribution in [-0.2, 0) is 0 Å². The Kier molecular flexibility index (Phi) is 2.95. The quantitative estimate of drug-likeness (QED) is 0.877. The van der Waals surface area contributed by atoms with Crippen molar-refractivity contribution in [3.63, 3.8) is 0 Å². The van der Waals surface area contributed by atoms with E-state index >= 15 is 0 Å². The van der Waals surface area contributed by atoms with Crippen LogP contribution in [0.25, 0.3) is 11.3 Å². The van der Waals surface area contributed by atoms with Crippen LogP contribution < -0.4 is 5.73 Å². The summed E-state index contributed by atoms with van der Waals surface area (Å²) in [7, 11) is 0. The molecule has 0 aliphatic rings. The molecule has 0 spiro atoms. The van der Waals surface area contributed by atoms with Crippen LogP contribution in [0, 0.1) is 0 Å². The molecule has 0 fully saturated rings. The first kappa shape index (κ1) is 11.4. The molecule has 0 atom stereocenters. The van der Waals surface area contributed by atoms with E-state index in [0.29, 0.717) is 11.6 Å². The first-order chi connectivity index (χ1) is 8.09. The van der Waals surface area contributed by atoms with Gasteiger partial charge >= 0.3 is 0 Å². The molecule has 0 aliphatic heterocycles. The SMILES string of the molecule is CC(C)n1ccc(-c2ccccc2C(N)=O)n1. The van der Waals surface area contributed by atoms with Crippen molar-refractivity contribution in [2.24, 2.45) is 5.73 Å². The van der Waals surface area contributed by atoms with Crippen LogP contribution in [0.2, 0.25) is 0 Å². The number of carbonyl (C=O) groups is 1. The fourth-order valence-corrected chi connectivity index (χ4v) is 1.69. The molecule has 4 heteroatoms. The second-order valence-corrected chi connectivity index (χ2v) is 4.18. The zero-order valence-electron chi connectivity index (χ0n) is 9.92. The average Bonchev–Trinajstić information content (AvgIpc) is 2.78. The summed E-state index contributed by atoms with van der Waals surface area (Å²) in [4.78, 5) is 11.3. The molecular formula is C13H15N3O. The monoisotopic (exact) mass is 229 g/mol. The van der Waals surface area contributed by atoms with Crippen LogP contribution in [0.5, 0.6) is 0 Å². The molecule has 1 amide bonds. The number of nitrogens with two attached hydrogens (primary N) is 1. The standard InChI is InChI=1S/C13H15N3O/c1-9(2)16-8-7-12(15-16)10-5-3-4-6-11(10)13(14)17/h3-9H,1-2H3,(H2,14,17). The molecular weight excluding hydrogens is 214 g/mol.